The second-order valence-corrected chi connectivity index (χ2v) is 13.3. The normalized spacial score (nSPS) is 21.7. The van der Waals surface area contributed by atoms with Crippen molar-refractivity contribution in [2.75, 3.05) is 36.9 Å². The average Bonchev–Trinajstić information content (AvgIpc) is 3.47. The number of hydrogen-bond donors (Lipinski definition) is 5. The zero-order valence-electron chi connectivity index (χ0n) is 24.0. The summed E-state index contributed by atoms with van der Waals surface area (Å²) in [4.78, 5) is 92.9. The summed E-state index contributed by atoms with van der Waals surface area (Å²) in [5.41, 5.74) is 3.93. The van der Waals surface area contributed by atoms with E-state index in [4.69, 9.17) is 5.73 Å². The van der Waals surface area contributed by atoms with Gasteiger partial charge in [-0.25, -0.2) is 9.59 Å². The number of nitrogen functional groups attached to an aromatic ring is 1. The van der Waals surface area contributed by atoms with Crippen LogP contribution in [0.4, 0.5) is 9.93 Å². The third-order valence-corrected chi connectivity index (χ3v) is 10.7. The van der Waals surface area contributed by atoms with Crippen molar-refractivity contribution in [3.63, 3.8) is 0 Å². The van der Waals surface area contributed by atoms with Gasteiger partial charge in [0.25, 0.3) is 5.91 Å². The van der Waals surface area contributed by atoms with E-state index in [1.807, 2.05) is 0 Å². The Morgan fingerprint density at radius 2 is 1.91 bits per heavy atom. The lowest BCUT2D eigenvalue weighted by atomic mass is 9.94. The molecule has 4 heterocycles. The number of benzene rings is 1. The van der Waals surface area contributed by atoms with Gasteiger partial charge in [-0.3, -0.25) is 33.8 Å². The largest absolute Gasteiger partial charge is 0.477 e. The predicted molar refractivity (Wildman–Crippen MR) is 165 cm³/mol. The quantitative estimate of drug-likeness (QED) is 0.0637. The van der Waals surface area contributed by atoms with Crippen molar-refractivity contribution in [2.45, 2.75) is 28.3 Å². The van der Waals surface area contributed by atoms with Crippen LogP contribution in [0.3, 0.4) is 0 Å². The molecule has 2 saturated heterocycles. The minimum atomic E-state index is -2.06. The average molecular weight is 690 g/mol. The number of carboxylic acid groups (broad SMARTS) is 1. The van der Waals surface area contributed by atoms with Crippen LogP contribution in [-0.4, -0.2) is 114 Å². The minimum absolute atomic E-state index is 0.104. The molecule has 2 fully saturated rings. The van der Waals surface area contributed by atoms with Crippen LogP contribution in [0.25, 0.3) is 0 Å². The summed E-state index contributed by atoms with van der Waals surface area (Å²) < 4.78 is 0.508. The van der Waals surface area contributed by atoms with E-state index in [0.717, 1.165) is 28.0 Å². The van der Waals surface area contributed by atoms with Crippen molar-refractivity contribution in [1.29, 1.82) is 0 Å². The van der Waals surface area contributed by atoms with Crippen LogP contribution in [0.5, 0.6) is 0 Å². The molecular weight excluding hydrogens is 663 g/mol. The molecule has 3 aliphatic heterocycles. The SMILES string of the molecule is CCN1CCN(C(=O)NC(C(=O)N[C@]2(NC=O)C(=O)N3C(C(=O)O)=C(CSc4nnc(N)s4)CS[C@H]32)c2ccccc2)C(=O)C1=O. The Bertz CT molecular complexity index is 1640. The molecule has 0 saturated carbocycles. The number of carbonyl (C=O) groups excluding carboxylic acids is 6. The van der Waals surface area contributed by atoms with Gasteiger partial charge in [-0.2, -0.15) is 0 Å². The maximum Gasteiger partial charge on any atom is 0.352 e. The van der Waals surface area contributed by atoms with Crippen LogP contribution < -0.4 is 21.7 Å². The first-order valence-electron chi connectivity index (χ1n) is 13.6. The Balaban J connectivity index is 1.39. The van der Waals surface area contributed by atoms with Gasteiger partial charge >= 0.3 is 23.8 Å². The van der Waals surface area contributed by atoms with Crippen molar-refractivity contribution in [1.82, 2.24) is 40.8 Å². The molecule has 7 amide bonds. The molecule has 1 aromatic heterocycles. The molecule has 1 unspecified atom stereocenters. The Morgan fingerprint density at radius 1 is 1.17 bits per heavy atom. The highest BCUT2D eigenvalue weighted by Gasteiger charge is 2.66. The fourth-order valence-electron chi connectivity index (χ4n) is 5.12. The van der Waals surface area contributed by atoms with Crippen LogP contribution in [0, 0.1) is 0 Å². The predicted octanol–water partition coefficient (Wildman–Crippen LogP) is -0.834. The molecule has 5 rings (SSSR count). The van der Waals surface area contributed by atoms with Crippen molar-refractivity contribution in [2.24, 2.45) is 0 Å². The van der Waals surface area contributed by atoms with Crippen LogP contribution in [0.2, 0.25) is 0 Å². The topological polar surface area (TPSA) is 237 Å². The first kappa shape index (κ1) is 32.7. The van der Waals surface area contributed by atoms with E-state index in [2.05, 4.69) is 26.1 Å². The summed E-state index contributed by atoms with van der Waals surface area (Å²) in [6, 6.07) is 5.42. The summed E-state index contributed by atoms with van der Waals surface area (Å²) in [5, 5.41) is 24.2. The van der Waals surface area contributed by atoms with Gasteiger partial charge in [0.05, 0.1) is 0 Å². The molecule has 17 nitrogen and oxygen atoms in total. The van der Waals surface area contributed by atoms with Crippen molar-refractivity contribution in [3.05, 3.63) is 47.2 Å². The number of nitrogens with two attached hydrogens (primary N) is 1. The van der Waals surface area contributed by atoms with E-state index < -0.39 is 52.7 Å². The summed E-state index contributed by atoms with van der Waals surface area (Å²) in [5.74, 6) is -4.86. The van der Waals surface area contributed by atoms with Gasteiger partial charge in [0.15, 0.2) is 4.34 Å². The standard InChI is InChI=1S/C26H27N9O8S3/c1-2-33-8-9-34(19(39)18(33)38)24(43)29-15(13-6-4-3-5-7-13)17(37)30-26(28-12-36)21(42)35-16(20(40)41)14(10-44-22(26)35)11-45-25-32-31-23(27)46-25/h3-7,12,15,22H,2,8-11H2,1H3,(H2,27,31)(H,28,36)(H,29,43)(H,30,37)(H,40,41)/t15?,22-,26+/m0/s1. The van der Waals surface area contributed by atoms with E-state index in [1.165, 1.54) is 28.8 Å². The van der Waals surface area contributed by atoms with Crippen molar-refractivity contribution in [3.8, 4) is 0 Å². The van der Waals surface area contributed by atoms with E-state index in [0.29, 0.717) is 14.8 Å². The second kappa shape index (κ2) is 13.3. The van der Waals surface area contributed by atoms with Crippen molar-refractivity contribution < 1.29 is 38.7 Å². The molecule has 242 valence electrons. The monoisotopic (exact) mass is 689 g/mol. The fraction of sp³-hybridized carbons (Fsp3) is 0.346. The maximum absolute atomic E-state index is 13.9. The Kier molecular flexibility index (Phi) is 9.49. The van der Waals surface area contributed by atoms with E-state index in [1.54, 1.807) is 25.1 Å². The number of carboxylic acids is 1. The number of nitrogens with zero attached hydrogens (tertiary/aromatic N) is 5. The lowest BCUT2D eigenvalue weighted by Gasteiger charge is -2.56. The highest BCUT2D eigenvalue weighted by molar-refractivity contribution is 8.02. The highest BCUT2D eigenvalue weighted by Crippen LogP contribution is 2.46. The molecule has 6 N–H and O–H groups in total. The van der Waals surface area contributed by atoms with Gasteiger partial charge in [-0.15, -0.1) is 22.0 Å². The number of anilines is 1. The third-order valence-electron chi connectivity index (χ3n) is 7.35. The highest BCUT2D eigenvalue weighted by atomic mass is 32.2. The zero-order chi connectivity index (χ0) is 33.2. The number of fused-ring (bicyclic) bond motifs is 1. The Morgan fingerprint density at radius 3 is 2.54 bits per heavy atom. The Labute approximate surface area is 273 Å². The molecule has 0 spiro atoms. The number of aromatic nitrogens is 2. The lowest BCUT2D eigenvalue weighted by Crippen LogP contribution is -2.85. The maximum atomic E-state index is 13.9. The number of likely N-dealkylation sites (N-methyl/N-ethyl adjacent to an activating group) is 1. The molecule has 3 atom stereocenters. The number of urea groups is 1. The third kappa shape index (κ3) is 5.97. The molecular formula is C26H27N9O8S3. The van der Waals surface area contributed by atoms with Crippen LogP contribution >= 0.6 is 34.9 Å². The summed E-state index contributed by atoms with van der Waals surface area (Å²) in [7, 11) is 0. The molecule has 0 bridgehead atoms. The molecule has 20 heteroatoms. The number of hydrogen-bond acceptors (Lipinski definition) is 13. The number of carbonyl (C=O) groups is 7. The van der Waals surface area contributed by atoms with Gasteiger partial charge in [-0.05, 0) is 18.1 Å². The number of amides is 7. The van der Waals surface area contributed by atoms with Gasteiger partial charge < -0.3 is 31.7 Å². The fourth-order valence-corrected chi connectivity index (χ4v) is 8.32. The number of aliphatic carboxylic acids is 1. The molecule has 46 heavy (non-hydrogen) atoms. The molecule has 0 radical (unpaired) electrons. The summed E-state index contributed by atoms with van der Waals surface area (Å²) in [6.07, 6.45) is 0.207. The number of imide groups is 1. The van der Waals surface area contributed by atoms with E-state index in [-0.39, 0.29) is 53.9 Å². The zero-order valence-corrected chi connectivity index (χ0v) is 26.4. The number of rotatable bonds is 11. The second-order valence-electron chi connectivity index (χ2n) is 9.98. The van der Waals surface area contributed by atoms with Crippen LogP contribution in [-0.2, 0) is 28.8 Å². The van der Waals surface area contributed by atoms with Crippen LogP contribution in [0.1, 0.15) is 18.5 Å². The first-order chi connectivity index (χ1) is 22.0. The number of thioether (sulfide) groups is 2. The number of piperazine rings is 1. The van der Waals surface area contributed by atoms with Gasteiger partial charge in [0.1, 0.15) is 17.1 Å². The molecule has 0 aliphatic carbocycles. The van der Waals surface area contributed by atoms with Gasteiger partial charge in [0, 0.05) is 31.1 Å². The summed E-state index contributed by atoms with van der Waals surface area (Å²) >= 11 is 3.44. The number of β-lactam (4-membered cyclic amide) rings is 1. The number of nitrogens with one attached hydrogen (secondary N) is 3. The smallest absolute Gasteiger partial charge is 0.352 e. The lowest BCUT2D eigenvalue weighted by molar-refractivity contribution is -0.163. The van der Waals surface area contributed by atoms with E-state index >= 15 is 0 Å². The molecule has 2 aromatic rings. The first-order valence-corrected chi connectivity index (χ1v) is 16.5. The Hall–Kier alpha value is -4.69. The van der Waals surface area contributed by atoms with Crippen molar-refractivity contribution >= 4 is 82.0 Å². The van der Waals surface area contributed by atoms with Gasteiger partial charge in [-0.1, -0.05) is 53.4 Å². The van der Waals surface area contributed by atoms with Gasteiger partial charge in [0.2, 0.25) is 23.1 Å². The summed E-state index contributed by atoms with van der Waals surface area (Å²) in [6.45, 7) is 1.98. The van der Waals surface area contributed by atoms with E-state index in [9.17, 15) is 38.7 Å². The van der Waals surface area contributed by atoms with Crippen LogP contribution in [0.15, 0.2) is 45.9 Å². The molecule has 1 aromatic carbocycles. The minimum Gasteiger partial charge on any atom is -0.477 e. The molecule has 3 aliphatic rings.